The van der Waals surface area contributed by atoms with E-state index in [-0.39, 0.29) is 22.3 Å². The lowest BCUT2D eigenvalue weighted by atomic mass is 10.2. The molecule has 9 heteroatoms. The number of hydrogen-bond donors (Lipinski definition) is 0. The zero-order valence-electron chi connectivity index (χ0n) is 17.2. The first-order valence-electron chi connectivity index (χ1n) is 9.75. The number of nitriles is 1. The van der Waals surface area contributed by atoms with Gasteiger partial charge in [0.25, 0.3) is 16.7 Å². The summed E-state index contributed by atoms with van der Waals surface area (Å²) >= 11 is 0. The van der Waals surface area contributed by atoms with E-state index >= 15 is 0 Å². The monoisotopic (exact) mass is 424 g/mol. The van der Waals surface area contributed by atoms with Crippen LogP contribution in [0.25, 0.3) is 28.1 Å². The molecule has 0 radical (unpaired) electrons. The van der Waals surface area contributed by atoms with Gasteiger partial charge in [0, 0.05) is 13.2 Å². The number of nitrogens with zero attached hydrogens (tertiary/aromatic N) is 6. The van der Waals surface area contributed by atoms with Gasteiger partial charge in [-0.1, -0.05) is 24.3 Å². The lowest BCUT2D eigenvalue weighted by Crippen LogP contribution is -2.30. The van der Waals surface area contributed by atoms with Gasteiger partial charge in [0.05, 0.1) is 16.8 Å². The molecule has 5 rings (SSSR count). The highest BCUT2D eigenvalue weighted by molar-refractivity contribution is 5.79. The molecule has 1 aromatic carbocycles. The maximum Gasteiger partial charge on any atom is 0.296 e. The van der Waals surface area contributed by atoms with Gasteiger partial charge in [-0.3, -0.25) is 28.0 Å². The molecule has 0 atom stereocenters. The number of pyridine rings is 2. The minimum absolute atomic E-state index is 0.0243. The van der Waals surface area contributed by atoms with Crippen molar-refractivity contribution in [1.29, 1.82) is 5.26 Å². The van der Waals surface area contributed by atoms with E-state index in [4.69, 9.17) is 0 Å². The maximum atomic E-state index is 13.5. The van der Waals surface area contributed by atoms with E-state index in [1.807, 2.05) is 12.1 Å². The summed E-state index contributed by atoms with van der Waals surface area (Å²) < 4.78 is 5.46. The van der Waals surface area contributed by atoms with Crippen LogP contribution in [0.1, 0.15) is 11.3 Å². The van der Waals surface area contributed by atoms with Crippen molar-refractivity contribution >= 4 is 16.7 Å². The average molecular weight is 424 g/mol. The minimum Gasteiger partial charge on any atom is -0.283 e. The van der Waals surface area contributed by atoms with E-state index in [2.05, 4.69) is 4.98 Å². The van der Waals surface area contributed by atoms with Gasteiger partial charge in [-0.2, -0.15) is 5.26 Å². The quantitative estimate of drug-likeness (QED) is 0.401. The third kappa shape index (κ3) is 2.56. The van der Waals surface area contributed by atoms with Crippen molar-refractivity contribution in [1.82, 2.24) is 23.3 Å². The third-order valence-corrected chi connectivity index (χ3v) is 5.55. The van der Waals surface area contributed by atoms with E-state index in [0.29, 0.717) is 17.0 Å². The van der Waals surface area contributed by atoms with Crippen molar-refractivity contribution in [3.63, 3.8) is 0 Å². The largest absolute Gasteiger partial charge is 0.296 e. The molecule has 4 heterocycles. The van der Waals surface area contributed by atoms with Gasteiger partial charge in [0.15, 0.2) is 5.65 Å². The second kappa shape index (κ2) is 6.92. The van der Waals surface area contributed by atoms with Crippen molar-refractivity contribution in [2.75, 3.05) is 0 Å². The number of fused-ring (bicyclic) bond motifs is 2. The predicted molar refractivity (Wildman–Crippen MR) is 119 cm³/mol. The van der Waals surface area contributed by atoms with Crippen LogP contribution in [0.15, 0.2) is 75.2 Å². The zero-order chi connectivity index (χ0) is 22.6. The molecule has 0 amide bonds. The van der Waals surface area contributed by atoms with Crippen molar-refractivity contribution < 1.29 is 0 Å². The Morgan fingerprint density at radius 1 is 0.938 bits per heavy atom. The summed E-state index contributed by atoms with van der Waals surface area (Å²) in [4.78, 5) is 44.4. The molecule has 0 N–H and O–H groups in total. The molecule has 4 aromatic heterocycles. The van der Waals surface area contributed by atoms with Crippen LogP contribution in [-0.2, 0) is 7.05 Å². The SMILES string of the molecule is Cc1c(-n2c(=O)c(C#N)cc3c(=O)n4ccccc4nc32)c(=O)n(-c2ccccc2)n1C. The summed E-state index contributed by atoms with van der Waals surface area (Å²) in [5.41, 5.74) is -0.391. The van der Waals surface area contributed by atoms with E-state index in [0.717, 1.165) is 4.57 Å². The van der Waals surface area contributed by atoms with E-state index in [1.54, 1.807) is 67.3 Å². The van der Waals surface area contributed by atoms with Crippen molar-refractivity contribution in [2.45, 2.75) is 6.92 Å². The van der Waals surface area contributed by atoms with Crippen LogP contribution in [0.4, 0.5) is 0 Å². The van der Waals surface area contributed by atoms with Crippen molar-refractivity contribution in [3.05, 3.63) is 103 Å². The topological polar surface area (TPSA) is 107 Å². The second-order valence-electron chi connectivity index (χ2n) is 7.30. The van der Waals surface area contributed by atoms with Crippen LogP contribution in [0.3, 0.4) is 0 Å². The number of para-hydroxylation sites is 1. The molecule has 0 aliphatic carbocycles. The Balaban J connectivity index is 2.00. The smallest absolute Gasteiger partial charge is 0.283 e. The predicted octanol–water partition coefficient (Wildman–Crippen LogP) is 1.67. The molecule has 156 valence electrons. The molecule has 0 saturated heterocycles. The van der Waals surface area contributed by atoms with Gasteiger partial charge in [-0.05, 0) is 37.3 Å². The summed E-state index contributed by atoms with van der Waals surface area (Å²) in [6.45, 7) is 1.70. The van der Waals surface area contributed by atoms with Gasteiger partial charge in [-0.15, -0.1) is 0 Å². The minimum atomic E-state index is -0.710. The Labute approximate surface area is 180 Å². The van der Waals surface area contributed by atoms with Crippen molar-refractivity contribution in [2.24, 2.45) is 7.05 Å². The number of benzene rings is 1. The van der Waals surface area contributed by atoms with Gasteiger partial charge in [0.2, 0.25) is 0 Å². The zero-order valence-corrected chi connectivity index (χ0v) is 17.2. The van der Waals surface area contributed by atoms with Crippen LogP contribution in [0.2, 0.25) is 0 Å². The highest BCUT2D eigenvalue weighted by atomic mass is 16.2. The van der Waals surface area contributed by atoms with Gasteiger partial charge in [0.1, 0.15) is 23.0 Å². The van der Waals surface area contributed by atoms with Crippen molar-refractivity contribution in [3.8, 4) is 17.4 Å². The van der Waals surface area contributed by atoms with Crippen LogP contribution in [0, 0.1) is 18.3 Å². The second-order valence-corrected chi connectivity index (χ2v) is 7.30. The van der Waals surface area contributed by atoms with Crippen LogP contribution < -0.4 is 16.7 Å². The molecule has 0 aliphatic heterocycles. The molecule has 0 aliphatic rings. The first-order valence-corrected chi connectivity index (χ1v) is 9.75. The first-order chi connectivity index (χ1) is 15.4. The lowest BCUT2D eigenvalue weighted by Gasteiger charge is -2.10. The molecule has 0 unspecified atom stereocenters. The molecule has 0 spiro atoms. The summed E-state index contributed by atoms with van der Waals surface area (Å²) in [6.07, 6.45) is 1.56. The molecular weight excluding hydrogens is 408 g/mol. The summed E-state index contributed by atoms with van der Waals surface area (Å²) in [6, 6.07) is 17.1. The normalized spacial score (nSPS) is 11.2. The molecule has 0 fully saturated rings. The van der Waals surface area contributed by atoms with E-state index in [9.17, 15) is 19.6 Å². The fourth-order valence-electron chi connectivity index (χ4n) is 3.91. The van der Waals surface area contributed by atoms with Gasteiger partial charge in [-0.25, -0.2) is 9.67 Å². The fourth-order valence-corrected chi connectivity index (χ4v) is 3.91. The lowest BCUT2D eigenvalue weighted by molar-refractivity contribution is 0.630. The third-order valence-electron chi connectivity index (χ3n) is 5.55. The summed E-state index contributed by atoms with van der Waals surface area (Å²) in [7, 11) is 1.70. The highest BCUT2D eigenvalue weighted by Crippen LogP contribution is 2.17. The maximum absolute atomic E-state index is 13.5. The summed E-state index contributed by atoms with van der Waals surface area (Å²) in [5, 5.41) is 9.62. The molecule has 5 aromatic rings. The van der Waals surface area contributed by atoms with Gasteiger partial charge >= 0.3 is 0 Å². The van der Waals surface area contributed by atoms with Crippen LogP contribution >= 0.6 is 0 Å². The number of aromatic nitrogens is 5. The Morgan fingerprint density at radius 2 is 1.66 bits per heavy atom. The van der Waals surface area contributed by atoms with Crippen LogP contribution in [-0.4, -0.2) is 23.3 Å². The molecule has 0 saturated carbocycles. The Hall–Kier alpha value is -4.71. The highest BCUT2D eigenvalue weighted by Gasteiger charge is 2.23. The molecule has 32 heavy (non-hydrogen) atoms. The standard InChI is InChI=1S/C23H16N6O3/c1-14-19(23(32)29(26(14)2)16-8-4-3-5-9-16)28-20-17(12-15(13-24)21(28)30)22(31)27-11-7-6-10-18(27)25-20/h3-12H,1-2H3. The number of hydrogen-bond acceptors (Lipinski definition) is 5. The van der Waals surface area contributed by atoms with E-state index < -0.39 is 16.7 Å². The number of rotatable bonds is 2. The molecule has 0 bridgehead atoms. The first kappa shape index (κ1) is 19.3. The Bertz CT molecular complexity index is 1760. The molecular formula is C23H16N6O3. The van der Waals surface area contributed by atoms with Crippen LogP contribution in [0.5, 0.6) is 0 Å². The fraction of sp³-hybridized carbons (Fsp3) is 0.0870. The van der Waals surface area contributed by atoms with Gasteiger partial charge < -0.3 is 0 Å². The summed E-state index contributed by atoms with van der Waals surface area (Å²) in [5.74, 6) is 0. The molecule has 9 nitrogen and oxygen atoms in total. The van der Waals surface area contributed by atoms with E-state index in [1.165, 1.54) is 15.1 Å². The Kier molecular flexibility index (Phi) is 4.17. The average Bonchev–Trinajstić information content (AvgIpc) is 3.02. The Morgan fingerprint density at radius 3 is 2.38 bits per heavy atom.